The number of carboxylic acids is 1. The lowest BCUT2D eigenvalue weighted by Crippen LogP contribution is -1.95. The predicted octanol–water partition coefficient (Wildman–Crippen LogP) is 4.25. The summed E-state index contributed by atoms with van der Waals surface area (Å²) in [5.74, 6) is -0.945. The number of aromatic carboxylic acids is 1. The van der Waals surface area contributed by atoms with Crippen molar-refractivity contribution in [3.8, 4) is 11.1 Å². The van der Waals surface area contributed by atoms with E-state index in [4.69, 9.17) is 16.7 Å². The number of hydrogen-bond acceptors (Lipinski definition) is 2. The van der Waals surface area contributed by atoms with E-state index in [1.807, 2.05) is 18.2 Å². The standard InChI is InChI=1S/C16H10ClNO2/c17-15-6-7-18-9-14(15)12-3-1-2-10-4-5-11(16(19)20)8-13(10)12/h1-9H,(H,19,20). The summed E-state index contributed by atoms with van der Waals surface area (Å²) >= 11 is 6.21. The normalized spacial score (nSPS) is 10.7. The number of nitrogens with zero attached hydrogens (tertiary/aromatic N) is 1. The summed E-state index contributed by atoms with van der Waals surface area (Å²) in [6.45, 7) is 0. The van der Waals surface area contributed by atoms with Crippen LogP contribution in [0.1, 0.15) is 10.4 Å². The zero-order valence-corrected chi connectivity index (χ0v) is 11.1. The number of hydrogen-bond donors (Lipinski definition) is 1. The molecule has 2 aromatic carbocycles. The highest BCUT2D eigenvalue weighted by atomic mass is 35.5. The maximum atomic E-state index is 11.1. The fourth-order valence-electron chi connectivity index (χ4n) is 2.22. The van der Waals surface area contributed by atoms with Gasteiger partial charge in [0.15, 0.2) is 0 Å². The average Bonchev–Trinajstić information content (AvgIpc) is 2.46. The summed E-state index contributed by atoms with van der Waals surface area (Å²) in [6, 6.07) is 12.5. The molecule has 0 fully saturated rings. The van der Waals surface area contributed by atoms with E-state index in [1.165, 1.54) is 0 Å². The molecule has 0 unspecified atom stereocenters. The van der Waals surface area contributed by atoms with Crippen molar-refractivity contribution in [2.24, 2.45) is 0 Å². The molecule has 0 amide bonds. The number of carboxylic acid groups (broad SMARTS) is 1. The Morgan fingerprint density at radius 1 is 1.10 bits per heavy atom. The fraction of sp³-hybridized carbons (Fsp3) is 0. The summed E-state index contributed by atoms with van der Waals surface area (Å²) in [6.07, 6.45) is 3.31. The van der Waals surface area contributed by atoms with Gasteiger partial charge in [0.1, 0.15) is 0 Å². The van der Waals surface area contributed by atoms with Crippen LogP contribution in [0.4, 0.5) is 0 Å². The molecule has 0 radical (unpaired) electrons. The van der Waals surface area contributed by atoms with E-state index in [0.717, 1.165) is 21.9 Å². The Bertz CT molecular complexity index is 814. The lowest BCUT2D eigenvalue weighted by molar-refractivity contribution is 0.0697. The van der Waals surface area contributed by atoms with Crippen LogP contribution in [0.5, 0.6) is 0 Å². The van der Waals surface area contributed by atoms with Crippen molar-refractivity contribution in [2.75, 3.05) is 0 Å². The molecule has 0 atom stereocenters. The van der Waals surface area contributed by atoms with Crippen molar-refractivity contribution in [1.82, 2.24) is 4.98 Å². The molecule has 1 aromatic heterocycles. The van der Waals surface area contributed by atoms with Gasteiger partial charge in [0.05, 0.1) is 10.6 Å². The van der Waals surface area contributed by atoms with Gasteiger partial charge >= 0.3 is 5.97 Å². The van der Waals surface area contributed by atoms with Gasteiger partial charge in [-0.1, -0.05) is 35.9 Å². The minimum Gasteiger partial charge on any atom is -0.478 e. The van der Waals surface area contributed by atoms with Crippen molar-refractivity contribution in [3.05, 3.63) is 65.4 Å². The Hall–Kier alpha value is -2.39. The van der Waals surface area contributed by atoms with E-state index < -0.39 is 5.97 Å². The van der Waals surface area contributed by atoms with Crippen LogP contribution in [-0.2, 0) is 0 Å². The largest absolute Gasteiger partial charge is 0.478 e. The van der Waals surface area contributed by atoms with Gasteiger partial charge in [-0.15, -0.1) is 0 Å². The summed E-state index contributed by atoms with van der Waals surface area (Å²) in [4.78, 5) is 15.2. The zero-order chi connectivity index (χ0) is 14.1. The zero-order valence-electron chi connectivity index (χ0n) is 10.4. The van der Waals surface area contributed by atoms with Crippen molar-refractivity contribution in [2.45, 2.75) is 0 Å². The van der Waals surface area contributed by atoms with Crippen molar-refractivity contribution in [3.63, 3.8) is 0 Å². The average molecular weight is 284 g/mol. The maximum absolute atomic E-state index is 11.1. The summed E-state index contributed by atoms with van der Waals surface area (Å²) in [5.41, 5.74) is 1.93. The van der Waals surface area contributed by atoms with Crippen LogP contribution in [0.3, 0.4) is 0 Å². The quantitative estimate of drug-likeness (QED) is 0.765. The number of rotatable bonds is 2. The summed E-state index contributed by atoms with van der Waals surface area (Å²) < 4.78 is 0. The Labute approximate surface area is 120 Å². The lowest BCUT2D eigenvalue weighted by atomic mass is 9.98. The van der Waals surface area contributed by atoms with Crippen LogP contribution in [0, 0.1) is 0 Å². The van der Waals surface area contributed by atoms with Gasteiger partial charge in [-0.2, -0.15) is 0 Å². The molecule has 3 rings (SSSR count). The van der Waals surface area contributed by atoms with Gasteiger partial charge in [0.2, 0.25) is 0 Å². The third-order valence-electron chi connectivity index (χ3n) is 3.19. The number of benzene rings is 2. The highest BCUT2D eigenvalue weighted by Gasteiger charge is 2.10. The molecule has 0 saturated heterocycles. The minimum atomic E-state index is -0.945. The number of pyridine rings is 1. The van der Waals surface area contributed by atoms with E-state index in [-0.39, 0.29) is 5.56 Å². The Kier molecular flexibility index (Phi) is 3.12. The second-order valence-electron chi connectivity index (χ2n) is 4.40. The molecule has 98 valence electrons. The van der Waals surface area contributed by atoms with Crippen LogP contribution in [0.2, 0.25) is 5.02 Å². The van der Waals surface area contributed by atoms with E-state index in [0.29, 0.717) is 5.02 Å². The first-order chi connectivity index (χ1) is 9.66. The Morgan fingerprint density at radius 3 is 2.70 bits per heavy atom. The molecule has 3 nitrogen and oxygen atoms in total. The monoisotopic (exact) mass is 283 g/mol. The first-order valence-electron chi connectivity index (χ1n) is 6.03. The summed E-state index contributed by atoms with van der Waals surface area (Å²) in [7, 11) is 0. The van der Waals surface area contributed by atoms with E-state index in [9.17, 15) is 4.79 Å². The van der Waals surface area contributed by atoms with E-state index in [1.54, 1.807) is 36.7 Å². The third kappa shape index (κ3) is 2.12. The van der Waals surface area contributed by atoms with Gasteiger partial charge in [-0.05, 0) is 34.5 Å². The molecule has 1 N–H and O–H groups in total. The first-order valence-corrected chi connectivity index (χ1v) is 6.40. The molecule has 3 aromatic rings. The molecule has 4 heteroatoms. The molecular weight excluding hydrogens is 274 g/mol. The molecule has 0 aliphatic carbocycles. The number of fused-ring (bicyclic) bond motifs is 1. The highest BCUT2D eigenvalue weighted by Crippen LogP contribution is 2.33. The third-order valence-corrected chi connectivity index (χ3v) is 3.52. The summed E-state index contributed by atoms with van der Waals surface area (Å²) in [5, 5.41) is 11.5. The second-order valence-corrected chi connectivity index (χ2v) is 4.81. The topological polar surface area (TPSA) is 50.2 Å². The highest BCUT2D eigenvalue weighted by molar-refractivity contribution is 6.33. The van der Waals surface area contributed by atoms with Crippen LogP contribution in [0.15, 0.2) is 54.9 Å². The van der Waals surface area contributed by atoms with Gasteiger partial charge in [-0.3, -0.25) is 4.98 Å². The molecular formula is C16H10ClNO2. The van der Waals surface area contributed by atoms with Gasteiger partial charge < -0.3 is 5.11 Å². The van der Waals surface area contributed by atoms with E-state index in [2.05, 4.69) is 4.98 Å². The first kappa shape index (κ1) is 12.6. The minimum absolute atomic E-state index is 0.255. The SMILES string of the molecule is O=C(O)c1ccc2cccc(-c3cnccc3Cl)c2c1. The van der Waals surface area contributed by atoms with Crippen LogP contribution in [-0.4, -0.2) is 16.1 Å². The number of aromatic nitrogens is 1. The van der Waals surface area contributed by atoms with Crippen molar-refractivity contribution >= 4 is 28.3 Å². The molecule has 1 heterocycles. The maximum Gasteiger partial charge on any atom is 0.335 e. The number of carbonyl (C=O) groups is 1. The van der Waals surface area contributed by atoms with Gasteiger partial charge in [0.25, 0.3) is 0 Å². The predicted molar refractivity (Wildman–Crippen MR) is 79.1 cm³/mol. The van der Waals surface area contributed by atoms with Crippen LogP contribution in [0.25, 0.3) is 21.9 Å². The fourth-order valence-corrected chi connectivity index (χ4v) is 2.42. The van der Waals surface area contributed by atoms with E-state index >= 15 is 0 Å². The van der Waals surface area contributed by atoms with Crippen molar-refractivity contribution < 1.29 is 9.90 Å². The molecule has 0 bridgehead atoms. The molecule has 0 spiro atoms. The molecule has 0 aliphatic rings. The molecule has 0 aliphatic heterocycles. The van der Waals surface area contributed by atoms with Crippen molar-refractivity contribution in [1.29, 1.82) is 0 Å². The van der Waals surface area contributed by atoms with Crippen LogP contribution < -0.4 is 0 Å². The second kappa shape index (κ2) is 4.94. The van der Waals surface area contributed by atoms with Gasteiger partial charge in [-0.25, -0.2) is 4.79 Å². The number of halogens is 1. The molecule has 0 saturated carbocycles. The van der Waals surface area contributed by atoms with Crippen LogP contribution >= 0.6 is 11.6 Å². The Morgan fingerprint density at radius 2 is 1.95 bits per heavy atom. The Balaban J connectivity index is 2.33. The van der Waals surface area contributed by atoms with Gasteiger partial charge in [0, 0.05) is 18.0 Å². The lowest BCUT2D eigenvalue weighted by Gasteiger charge is -2.09. The molecule has 20 heavy (non-hydrogen) atoms. The smallest absolute Gasteiger partial charge is 0.335 e.